The Kier molecular flexibility index (Phi) is 6.19. The van der Waals surface area contributed by atoms with Crippen molar-refractivity contribution < 1.29 is 29.4 Å². The minimum atomic E-state index is -1.23. The third-order valence-electron chi connectivity index (χ3n) is 2.85. The maximum atomic E-state index is 10.7. The molecule has 0 radical (unpaired) electrons. The van der Waals surface area contributed by atoms with Crippen LogP contribution in [0.25, 0.3) is 0 Å². The third-order valence-corrected chi connectivity index (χ3v) is 2.85. The number of nitrogens with two attached hydrogens (primary N) is 2. The van der Waals surface area contributed by atoms with Crippen molar-refractivity contribution in [2.75, 3.05) is 0 Å². The van der Waals surface area contributed by atoms with E-state index in [1.165, 1.54) is 36.4 Å². The molecule has 2 amide bonds. The number of benzene rings is 2. The summed E-state index contributed by atoms with van der Waals surface area (Å²) in [5.74, 6) is -3.75. The van der Waals surface area contributed by atoms with E-state index in [4.69, 9.17) is 21.7 Å². The molecule has 24 heavy (non-hydrogen) atoms. The van der Waals surface area contributed by atoms with Gasteiger partial charge in [-0.05, 0) is 24.3 Å². The SMILES string of the molecule is NC(=O)c1ccccc1C(N)=O.O=C(O)c1ccccc1C(=O)O. The van der Waals surface area contributed by atoms with Crippen molar-refractivity contribution >= 4 is 23.8 Å². The highest BCUT2D eigenvalue weighted by molar-refractivity contribution is 6.06. The number of hydrogen-bond donors (Lipinski definition) is 4. The van der Waals surface area contributed by atoms with Crippen LogP contribution < -0.4 is 11.5 Å². The van der Waals surface area contributed by atoms with Gasteiger partial charge in [0, 0.05) is 0 Å². The van der Waals surface area contributed by atoms with Crippen LogP contribution in [0.5, 0.6) is 0 Å². The van der Waals surface area contributed by atoms with Crippen LogP contribution >= 0.6 is 0 Å². The zero-order valence-corrected chi connectivity index (χ0v) is 12.3. The van der Waals surface area contributed by atoms with Crippen molar-refractivity contribution in [1.82, 2.24) is 0 Å². The summed E-state index contributed by atoms with van der Waals surface area (Å²) in [6.07, 6.45) is 0. The molecule has 8 heteroatoms. The molecule has 6 N–H and O–H groups in total. The number of primary amides is 2. The van der Waals surface area contributed by atoms with Crippen molar-refractivity contribution in [3.8, 4) is 0 Å². The average Bonchev–Trinajstić information content (AvgIpc) is 2.55. The topological polar surface area (TPSA) is 161 Å². The van der Waals surface area contributed by atoms with Gasteiger partial charge in [0.05, 0.1) is 22.3 Å². The molecular formula is C16H14N2O6. The van der Waals surface area contributed by atoms with Crippen molar-refractivity contribution in [2.45, 2.75) is 0 Å². The van der Waals surface area contributed by atoms with Gasteiger partial charge in [-0.1, -0.05) is 24.3 Å². The molecule has 0 heterocycles. The molecule has 0 saturated carbocycles. The first-order chi connectivity index (χ1) is 11.3. The van der Waals surface area contributed by atoms with E-state index < -0.39 is 23.8 Å². The molecule has 0 aliphatic carbocycles. The Morgan fingerprint density at radius 3 is 1.04 bits per heavy atom. The fraction of sp³-hybridized carbons (Fsp3) is 0. The van der Waals surface area contributed by atoms with Crippen LogP contribution in [-0.4, -0.2) is 34.0 Å². The molecule has 0 atom stereocenters. The molecule has 0 fully saturated rings. The van der Waals surface area contributed by atoms with E-state index >= 15 is 0 Å². The highest BCUT2D eigenvalue weighted by Gasteiger charge is 2.13. The lowest BCUT2D eigenvalue weighted by atomic mass is 10.1. The van der Waals surface area contributed by atoms with Crippen molar-refractivity contribution in [2.24, 2.45) is 11.5 Å². The van der Waals surface area contributed by atoms with Crippen LogP contribution in [0.15, 0.2) is 48.5 Å². The van der Waals surface area contributed by atoms with Crippen molar-refractivity contribution in [1.29, 1.82) is 0 Å². The number of aromatic carboxylic acids is 2. The van der Waals surface area contributed by atoms with Crippen LogP contribution in [-0.2, 0) is 0 Å². The lowest BCUT2D eigenvalue weighted by molar-refractivity contribution is 0.0651. The molecule has 0 aliphatic heterocycles. The molecule has 0 aliphatic rings. The number of amides is 2. The predicted molar refractivity (Wildman–Crippen MR) is 83.8 cm³/mol. The predicted octanol–water partition coefficient (Wildman–Crippen LogP) is 0.967. The van der Waals surface area contributed by atoms with Crippen LogP contribution in [0.2, 0.25) is 0 Å². The number of carboxylic acids is 2. The monoisotopic (exact) mass is 330 g/mol. The van der Waals surface area contributed by atoms with Crippen LogP contribution in [0.1, 0.15) is 41.4 Å². The Bertz CT molecular complexity index is 667. The van der Waals surface area contributed by atoms with Gasteiger partial charge in [0.1, 0.15) is 0 Å². The Hall–Kier alpha value is -3.68. The van der Waals surface area contributed by atoms with Gasteiger partial charge >= 0.3 is 11.9 Å². The molecule has 8 nitrogen and oxygen atoms in total. The Balaban J connectivity index is 0.000000240. The molecule has 0 aromatic heterocycles. The molecular weight excluding hydrogens is 316 g/mol. The Morgan fingerprint density at radius 2 is 0.833 bits per heavy atom. The first kappa shape index (κ1) is 18.4. The summed E-state index contributed by atoms with van der Waals surface area (Å²) in [7, 11) is 0. The van der Waals surface area contributed by atoms with Gasteiger partial charge in [-0.2, -0.15) is 0 Å². The molecule has 0 spiro atoms. The van der Waals surface area contributed by atoms with Crippen LogP contribution in [0, 0.1) is 0 Å². The first-order valence-corrected chi connectivity index (χ1v) is 6.50. The van der Waals surface area contributed by atoms with Gasteiger partial charge in [-0.3, -0.25) is 9.59 Å². The van der Waals surface area contributed by atoms with Crippen molar-refractivity contribution in [3.05, 3.63) is 70.8 Å². The molecule has 0 saturated heterocycles. The summed E-state index contributed by atoms with van der Waals surface area (Å²) in [5.41, 5.74) is 9.95. The van der Waals surface area contributed by atoms with Gasteiger partial charge < -0.3 is 21.7 Å². The highest BCUT2D eigenvalue weighted by atomic mass is 16.4. The zero-order chi connectivity index (χ0) is 18.3. The molecule has 124 valence electrons. The summed E-state index contributed by atoms with van der Waals surface area (Å²) in [5, 5.41) is 17.1. The number of hydrogen-bond acceptors (Lipinski definition) is 4. The van der Waals surface area contributed by atoms with E-state index in [2.05, 4.69) is 0 Å². The largest absolute Gasteiger partial charge is 0.478 e. The second-order valence-electron chi connectivity index (χ2n) is 4.43. The van der Waals surface area contributed by atoms with Crippen LogP contribution in [0.3, 0.4) is 0 Å². The minimum Gasteiger partial charge on any atom is -0.478 e. The van der Waals surface area contributed by atoms with Gasteiger partial charge in [0.15, 0.2) is 0 Å². The standard InChI is InChI=1S/C8H8N2O2.C8H6O4/c9-7(11)5-3-1-2-4-6(5)8(10)12;9-7(10)5-3-1-2-4-6(5)8(11)12/h1-4H,(H2,9,11)(H2,10,12);1-4H,(H,9,10)(H,11,12). The highest BCUT2D eigenvalue weighted by Crippen LogP contribution is 2.08. The smallest absolute Gasteiger partial charge is 0.336 e. The normalized spacial score (nSPS) is 9.33. The quantitative estimate of drug-likeness (QED) is 0.653. The van der Waals surface area contributed by atoms with E-state index in [9.17, 15) is 19.2 Å². The zero-order valence-electron chi connectivity index (χ0n) is 12.3. The second-order valence-corrected chi connectivity index (χ2v) is 4.43. The number of carbonyl (C=O) groups is 4. The number of rotatable bonds is 4. The van der Waals surface area contributed by atoms with Gasteiger partial charge in [-0.15, -0.1) is 0 Å². The summed E-state index contributed by atoms with van der Waals surface area (Å²) in [4.78, 5) is 42.4. The third kappa shape index (κ3) is 4.67. The van der Waals surface area contributed by atoms with E-state index in [1.807, 2.05) is 0 Å². The summed E-state index contributed by atoms with van der Waals surface area (Å²) in [6, 6.07) is 11.6. The first-order valence-electron chi connectivity index (χ1n) is 6.50. The van der Waals surface area contributed by atoms with E-state index in [0.717, 1.165) is 0 Å². The summed E-state index contributed by atoms with van der Waals surface area (Å²) < 4.78 is 0. The summed E-state index contributed by atoms with van der Waals surface area (Å²) in [6.45, 7) is 0. The maximum Gasteiger partial charge on any atom is 0.336 e. The molecule has 2 aromatic rings. The van der Waals surface area contributed by atoms with Crippen molar-refractivity contribution in [3.63, 3.8) is 0 Å². The molecule has 2 rings (SSSR count). The second kappa shape index (κ2) is 8.08. The number of carbonyl (C=O) groups excluding carboxylic acids is 2. The van der Waals surface area contributed by atoms with Gasteiger partial charge in [0.25, 0.3) is 0 Å². The number of carboxylic acid groups (broad SMARTS) is 2. The summed E-state index contributed by atoms with van der Waals surface area (Å²) >= 11 is 0. The van der Waals surface area contributed by atoms with Gasteiger partial charge in [-0.25, -0.2) is 9.59 Å². The fourth-order valence-electron chi connectivity index (χ4n) is 1.77. The molecule has 0 bridgehead atoms. The van der Waals surface area contributed by atoms with Crippen LogP contribution in [0.4, 0.5) is 0 Å². The Labute approximate surface area is 136 Å². The lowest BCUT2D eigenvalue weighted by Crippen LogP contribution is -2.20. The van der Waals surface area contributed by atoms with E-state index in [0.29, 0.717) is 0 Å². The maximum absolute atomic E-state index is 10.7. The minimum absolute atomic E-state index is 0.157. The fourth-order valence-corrected chi connectivity index (χ4v) is 1.77. The average molecular weight is 330 g/mol. The Morgan fingerprint density at radius 1 is 0.583 bits per heavy atom. The molecule has 0 unspecified atom stereocenters. The molecule has 2 aromatic carbocycles. The van der Waals surface area contributed by atoms with Gasteiger partial charge in [0.2, 0.25) is 11.8 Å². The van der Waals surface area contributed by atoms with E-state index in [1.54, 1.807) is 12.1 Å². The lowest BCUT2D eigenvalue weighted by Gasteiger charge is -2.00. The van der Waals surface area contributed by atoms with E-state index in [-0.39, 0.29) is 22.3 Å².